The Morgan fingerprint density at radius 2 is 1.71 bits per heavy atom. The molecule has 0 saturated carbocycles. The highest BCUT2D eigenvalue weighted by Gasteiger charge is 2.11. The predicted molar refractivity (Wildman–Crippen MR) is 70.8 cm³/mol. The van der Waals surface area contributed by atoms with Crippen LogP contribution in [0.15, 0.2) is 30.3 Å². The Kier molecular flexibility index (Phi) is 6.23. The third-order valence-electron chi connectivity index (χ3n) is 2.86. The summed E-state index contributed by atoms with van der Waals surface area (Å²) in [6.45, 7) is 6.77. The van der Waals surface area contributed by atoms with Gasteiger partial charge in [0, 0.05) is 0 Å². The molecule has 0 spiro atoms. The molecule has 2 heteroatoms. The Bertz CT molecular complexity index is 295. The molecule has 0 saturated heterocycles. The molecule has 1 aromatic rings. The van der Waals surface area contributed by atoms with Crippen LogP contribution in [0.4, 0.5) is 0 Å². The second-order valence-corrected chi connectivity index (χ2v) is 5.03. The number of rotatable bonds is 7. The lowest BCUT2D eigenvalue weighted by molar-refractivity contribution is 0.0326. The fourth-order valence-electron chi connectivity index (χ4n) is 2.13. The highest BCUT2D eigenvalue weighted by molar-refractivity contribution is 5.13. The molecule has 0 fully saturated rings. The lowest BCUT2D eigenvalue weighted by atomic mass is 9.98. The molecule has 1 rings (SSSR count). The Morgan fingerprint density at radius 3 is 2.29 bits per heavy atom. The van der Waals surface area contributed by atoms with Gasteiger partial charge in [-0.3, -0.25) is 0 Å². The summed E-state index contributed by atoms with van der Waals surface area (Å²) in [5, 5.41) is 9.30. The Morgan fingerprint density at radius 1 is 1.06 bits per heavy atom. The summed E-state index contributed by atoms with van der Waals surface area (Å²) in [7, 11) is 0. The molecule has 1 N–H and O–H groups in total. The fraction of sp³-hybridized carbons (Fsp3) is 0.600. The summed E-state index contributed by atoms with van der Waals surface area (Å²) in [4.78, 5) is 0. The first-order valence-corrected chi connectivity index (χ1v) is 6.41. The van der Waals surface area contributed by atoms with Gasteiger partial charge in [-0.2, -0.15) is 0 Å². The normalized spacial score (nSPS) is 16.5. The molecular weight excluding hydrogens is 212 g/mol. The molecule has 0 unspecified atom stereocenters. The molecule has 17 heavy (non-hydrogen) atoms. The zero-order valence-corrected chi connectivity index (χ0v) is 11.1. The molecule has 0 amide bonds. The molecule has 0 aliphatic heterocycles. The van der Waals surface area contributed by atoms with Gasteiger partial charge in [-0.15, -0.1) is 0 Å². The minimum atomic E-state index is -0.216. The molecule has 3 atom stereocenters. The quantitative estimate of drug-likeness (QED) is 0.786. The average molecular weight is 236 g/mol. The number of aliphatic hydroxyl groups excluding tert-OH is 1. The van der Waals surface area contributed by atoms with Crippen LogP contribution in [0.1, 0.15) is 39.2 Å². The van der Waals surface area contributed by atoms with Crippen LogP contribution in [0.5, 0.6) is 0 Å². The summed E-state index contributed by atoms with van der Waals surface area (Å²) in [5.41, 5.74) is 1.21. The third kappa shape index (κ3) is 6.44. The highest BCUT2D eigenvalue weighted by Crippen LogP contribution is 2.15. The van der Waals surface area contributed by atoms with Crippen molar-refractivity contribution in [2.24, 2.45) is 5.92 Å². The number of benzene rings is 1. The molecule has 0 aliphatic rings. The first-order valence-electron chi connectivity index (χ1n) is 6.41. The molecule has 0 aliphatic carbocycles. The summed E-state index contributed by atoms with van der Waals surface area (Å²) in [6, 6.07) is 10.2. The van der Waals surface area contributed by atoms with Crippen molar-refractivity contribution >= 4 is 0 Å². The Labute approximate surface area is 105 Å². The first-order chi connectivity index (χ1) is 8.08. The number of hydrogen-bond donors (Lipinski definition) is 1. The van der Waals surface area contributed by atoms with Crippen LogP contribution in [0.2, 0.25) is 0 Å². The standard InChI is InChI=1S/C15H24O2/c1-12(9-13(2)16)10-14(3)17-11-15-7-5-4-6-8-15/h4-8,12-14,16H,9-11H2,1-3H3/t12-,13-,14-/m1/s1. The first kappa shape index (κ1) is 14.2. The Hall–Kier alpha value is -0.860. The molecule has 2 nitrogen and oxygen atoms in total. The van der Waals surface area contributed by atoms with E-state index in [0.717, 1.165) is 12.8 Å². The largest absolute Gasteiger partial charge is 0.393 e. The maximum Gasteiger partial charge on any atom is 0.0720 e. The van der Waals surface area contributed by atoms with Crippen molar-refractivity contribution in [2.75, 3.05) is 0 Å². The van der Waals surface area contributed by atoms with Gasteiger partial charge >= 0.3 is 0 Å². The van der Waals surface area contributed by atoms with Crippen LogP contribution in [-0.2, 0) is 11.3 Å². The zero-order valence-electron chi connectivity index (χ0n) is 11.1. The van der Waals surface area contributed by atoms with Crippen molar-refractivity contribution in [1.29, 1.82) is 0 Å². The third-order valence-corrected chi connectivity index (χ3v) is 2.86. The van der Waals surface area contributed by atoms with Gasteiger partial charge in [-0.05, 0) is 38.2 Å². The summed E-state index contributed by atoms with van der Waals surface area (Å²) >= 11 is 0. The summed E-state index contributed by atoms with van der Waals surface area (Å²) in [6.07, 6.45) is 1.87. The van der Waals surface area contributed by atoms with Crippen molar-refractivity contribution in [3.63, 3.8) is 0 Å². The van der Waals surface area contributed by atoms with E-state index in [1.165, 1.54) is 5.56 Å². The highest BCUT2D eigenvalue weighted by atomic mass is 16.5. The average Bonchev–Trinajstić information content (AvgIpc) is 2.26. The Balaban J connectivity index is 2.23. The lowest BCUT2D eigenvalue weighted by Crippen LogP contribution is -2.15. The maximum atomic E-state index is 9.30. The number of ether oxygens (including phenoxy) is 1. The summed E-state index contributed by atoms with van der Waals surface area (Å²) in [5.74, 6) is 0.501. The minimum absolute atomic E-state index is 0.216. The van der Waals surface area contributed by atoms with E-state index >= 15 is 0 Å². The van der Waals surface area contributed by atoms with Crippen LogP contribution < -0.4 is 0 Å². The van der Waals surface area contributed by atoms with E-state index in [-0.39, 0.29) is 12.2 Å². The van der Waals surface area contributed by atoms with Gasteiger partial charge in [-0.1, -0.05) is 37.3 Å². The van der Waals surface area contributed by atoms with Crippen molar-refractivity contribution in [2.45, 2.75) is 52.4 Å². The molecule has 0 aromatic heterocycles. The van der Waals surface area contributed by atoms with Crippen LogP contribution in [0, 0.1) is 5.92 Å². The monoisotopic (exact) mass is 236 g/mol. The minimum Gasteiger partial charge on any atom is -0.393 e. The van der Waals surface area contributed by atoms with E-state index in [1.54, 1.807) is 0 Å². The van der Waals surface area contributed by atoms with E-state index in [1.807, 2.05) is 25.1 Å². The second-order valence-electron chi connectivity index (χ2n) is 5.03. The predicted octanol–water partition coefficient (Wildman–Crippen LogP) is 3.39. The molecule has 96 valence electrons. The van der Waals surface area contributed by atoms with Crippen LogP contribution in [-0.4, -0.2) is 17.3 Å². The van der Waals surface area contributed by atoms with Gasteiger partial charge in [0.2, 0.25) is 0 Å². The summed E-state index contributed by atoms with van der Waals surface area (Å²) < 4.78 is 5.80. The lowest BCUT2D eigenvalue weighted by Gasteiger charge is -2.19. The van der Waals surface area contributed by atoms with Gasteiger partial charge in [0.1, 0.15) is 0 Å². The topological polar surface area (TPSA) is 29.5 Å². The van der Waals surface area contributed by atoms with Crippen molar-refractivity contribution in [3.8, 4) is 0 Å². The van der Waals surface area contributed by atoms with E-state index in [9.17, 15) is 5.11 Å². The van der Waals surface area contributed by atoms with E-state index in [4.69, 9.17) is 4.74 Å². The van der Waals surface area contributed by atoms with E-state index in [2.05, 4.69) is 26.0 Å². The van der Waals surface area contributed by atoms with Crippen molar-refractivity contribution < 1.29 is 9.84 Å². The second kappa shape index (κ2) is 7.46. The smallest absolute Gasteiger partial charge is 0.0720 e. The zero-order chi connectivity index (χ0) is 12.7. The molecule has 0 bridgehead atoms. The fourth-order valence-corrected chi connectivity index (χ4v) is 2.13. The van der Waals surface area contributed by atoms with Gasteiger partial charge in [0.15, 0.2) is 0 Å². The van der Waals surface area contributed by atoms with Crippen molar-refractivity contribution in [3.05, 3.63) is 35.9 Å². The number of aliphatic hydroxyl groups is 1. The molecular formula is C15H24O2. The number of hydrogen-bond acceptors (Lipinski definition) is 2. The molecule has 1 aromatic carbocycles. The van der Waals surface area contributed by atoms with E-state index < -0.39 is 0 Å². The van der Waals surface area contributed by atoms with Crippen LogP contribution in [0.25, 0.3) is 0 Å². The maximum absolute atomic E-state index is 9.30. The van der Waals surface area contributed by atoms with E-state index in [0.29, 0.717) is 12.5 Å². The SMILES string of the molecule is C[C@@H](C[C@@H](C)OCc1ccccc1)C[C@@H](C)O. The van der Waals surface area contributed by atoms with Crippen LogP contribution >= 0.6 is 0 Å². The van der Waals surface area contributed by atoms with Gasteiger partial charge in [0.05, 0.1) is 18.8 Å². The van der Waals surface area contributed by atoms with Crippen LogP contribution in [0.3, 0.4) is 0 Å². The van der Waals surface area contributed by atoms with Gasteiger partial charge < -0.3 is 9.84 Å². The van der Waals surface area contributed by atoms with Gasteiger partial charge in [0.25, 0.3) is 0 Å². The van der Waals surface area contributed by atoms with Gasteiger partial charge in [-0.25, -0.2) is 0 Å². The molecule has 0 radical (unpaired) electrons. The van der Waals surface area contributed by atoms with Crippen molar-refractivity contribution in [1.82, 2.24) is 0 Å². The molecule has 0 heterocycles.